The van der Waals surface area contributed by atoms with Crippen molar-refractivity contribution in [3.8, 4) is 5.75 Å². The van der Waals surface area contributed by atoms with Crippen LogP contribution in [0.25, 0.3) is 0 Å². The number of likely N-dealkylation sites (tertiary alicyclic amines) is 1. The number of fused-ring (bicyclic) bond motifs is 1. The maximum atomic E-state index is 13.2. The predicted octanol–water partition coefficient (Wildman–Crippen LogP) is 3.64. The number of halogens is 1. The van der Waals surface area contributed by atoms with E-state index in [9.17, 15) is 20.1 Å². The third kappa shape index (κ3) is 4.92. The number of benzene rings is 1. The average Bonchev–Trinajstić information content (AvgIpc) is 2.93. The van der Waals surface area contributed by atoms with Crippen molar-refractivity contribution in [2.75, 3.05) is 13.1 Å². The highest BCUT2D eigenvalue weighted by Crippen LogP contribution is 2.43. The fourth-order valence-electron chi connectivity index (χ4n) is 5.17. The molecular weight excluding hydrogens is 432 g/mol. The molecule has 0 aromatic heterocycles. The molecule has 0 spiro atoms. The van der Waals surface area contributed by atoms with Gasteiger partial charge >= 0.3 is 0 Å². The van der Waals surface area contributed by atoms with E-state index in [2.05, 4.69) is 0 Å². The first-order chi connectivity index (χ1) is 15.0. The smallest absolute Gasteiger partial charge is 0.228 e. The second-order valence-corrected chi connectivity index (χ2v) is 10.3. The number of hydrogen-bond donors (Lipinski definition) is 3. The van der Waals surface area contributed by atoms with Gasteiger partial charge in [0.05, 0.1) is 11.6 Å². The summed E-state index contributed by atoms with van der Waals surface area (Å²) in [6.07, 6.45) is 0.688. The lowest BCUT2D eigenvalue weighted by Gasteiger charge is -2.43. The topological polar surface area (TPSA) is 93.5 Å². The van der Waals surface area contributed by atoms with Crippen molar-refractivity contribution in [2.24, 2.45) is 11.8 Å². The van der Waals surface area contributed by atoms with E-state index in [1.807, 2.05) is 34.6 Å². The van der Waals surface area contributed by atoms with Gasteiger partial charge in [-0.3, -0.25) is 4.79 Å². The standard InChI is InChI=1S/C24H37ClN2O5/c1-6-8-15-14(7-2)21(29)27(22(15)30)13-18-20-16(17(25)9-10-19(20)28)11-12-26(18)23(31)32-24(3,4)5/h9-10,14-15,18,22-23,28,30-31H,6-8,11-13H2,1-5H3/t14?,15?,18-,22?,23?/m1/s1. The van der Waals surface area contributed by atoms with Crippen molar-refractivity contribution >= 4 is 17.5 Å². The lowest BCUT2D eigenvalue weighted by Crippen LogP contribution is -2.51. The number of nitrogens with zero attached hydrogens (tertiary/aromatic N) is 2. The molecule has 2 heterocycles. The van der Waals surface area contributed by atoms with Gasteiger partial charge in [0.1, 0.15) is 12.0 Å². The summed E-state index contributed by atoms with van der Waals surface area (Å²) in [6.45, 7) is 10.1. The molecule has 180 valence electrons. The normalized spacial score (nSPS) is 27.6. The zero-order valence-electron chi connectivity index (χ0n) is 19.7. The highest BCUT2D eigenvalue weighted by Gasteiger charge is 2.48. The van der Waals surface area contributed by atoms with Crippen LogP contribution in [0.5, 0.6) is 5.75 Å². The minimum Gasteiger partial charge on any atom is -0.508 e. The van der Waals surface area contributed by atoms with E-state index < -0.39 is 24.3 Å². The summed E-state index contributed by atoms with van der Waals surface area (Å²) < 4.78 is 5.81. The van der Waals surface area contributed by atoms with E-state index in [1.54, 1.807) is 11.0 Å². The number of aliphatic hydroxyl groups is 2. The Labute approximate surface area is 195 Å². The molecule has 7 nitrogen and oxygen atoms in total. The number of amides is 1. The van der Waals surface area contributed by atoms with Gasteiger partial charge in [-0.25, -0.2) is 4.90 Å². The molecule has 0 bridgehead atoms. The quantitative estimate of drug-likeness (QED) is 0.529. The first-order valence-electron chi connectivity index (χ1n) is 11.6. The molecule has 8 heteroatoms. The maximum absolute atomic E-state index is 13.2. The zero-order chi connectivity index (χ0) is 23.8. The Balaban J connectivity index is 1.99. The molecule has 3 rings (SSSR count). The monoisotopic (exact) mass is 468 g/mol. The van der Waals surface area contributed by atoms with Crippen LogP contribution < -0.4 is 0 Å². The summed E-state index contributed by atoms with van der Waals surface area (Å²) in [4.78, 5) is 16.5. The molecule has 5 atom stereocenters. The van der Waals surface area contributed by atoms with Crippen LogP contribution in [-0.4, -0.2) is 62.4 Å². The van der Waals surface area contributed by atoms with Crippen molar-refractivity contribution < 1.29 is 24.9 Å². The van der Waals surface area contributed by atoms with Gasteiger partial charge in [0.2, 0.25) is 12.3 Å². The van der Waals surface area contributed by atoms with Crippen molar-refractivity contribution in [3.63, 3.8) is 0 Å². The Hall–Kier alpha value is -1.38. The highest BCUT2D eigenvalue weighted by molar-refractivity contribution is 6.31. The number of aliphatic hydroxyl groups excluding tert-OH is 2. The van der Waals surface area contributed by atoms with Crippen LogP contribution in [0.15, 0.2) is 12.1 Å². The van der Waals surface area contributed by atoms with Gasteiger partial charge in [-0.05, 0) is 57.7 Å². The third-order valence-corrected chi connectivity index (χ3v) is 6.98. The van der Waals surface area contributed by atoms with Crippen molar-refractivity contribution in [3.05, 3.63) is 28.3 Å². The first-order valence-corrected chi connectivity index (χ1v) is 12.0. The van der Waals surface area contributed by atoms with Crippen LogP contribution in [-0.2, 0) is 16.0 Å². The van der Waals surface area contributed by atoms with Crippen LogP contribution in [0.3, 0.4) is 0 Å². The van der Waals surface area contributed by atoms with Gasteiger partial charge in [0.15, 0.2) is 0 Å². The Kier molecular flexibility index (Phi) is 7.77. The molecule has 32 heavy (non-hydrogen) atoms. The Morgan fingerprint density at radius 2 is 1.97 bits per heavy atom. The Morgan fingerprint density at radius 3 is 2.56 bits per heavy atom. The molecule has 1 saturated heterocycles. The van der Waals surface area contributed by atoms with Crippen LogP contribution >= 0.6 is 11.6 Å². The fourth-order valence-corrected chi connectivity index (χ4v) is 5.43. The van der Waals surface area contributed by atoms with Crippen LogP contribution in [0, 0.1) is 11.8 Å². The molecule has 0 radical (unpaired) electrons. The van der Waals surface area contributed by atoms with E-state index in [-0.39, 0.29) is 30.0 Å². The van der Waals surface area contributed by atoms with Crippen LogP contribution in [0.1, 0.15) is 71.0 Å². The highest BCUT2D eigenvalue weighted by atomic mass is 35.5. The lowest BCUT2D eigenvalue weighted by molar-refractivity contribution is -0.252. The average molecular weight is 469 g/mol. The second-order valence-electron chi connectivity index (χ2n) is 9.89. The molecule has 2 aliphatic rings. The van der Waals surface area contributed by atoms with Gasteiger partial charge in [0, 0.05) is 35.5 Å². The molecule has 4 unspecified atom stereocenters. The molecule has 1 fully saturated rings. The number of carbonyl (C=O) groups is 1. The summed E-state index contributed by atoms with van der Waals surface area (Å²) >= 11 is 6.44. The SMILES string of the molecule is CCCC1C(CC)C(=O)N(C[C@@H]2c3c(O)ccc(Cl)c3CCN2C(O)OC(C)(C)C)C1O. The van der Waals surface area contributed by atoms with E-state index >= 15 is 0 Å². The zero-order valence-corrected chi connectivity index (χ0v) is 20.5. The molecule has 0 saturated carbocycles. The fraction of sp³-hybridized carbons (Fsp3) is 0.708. The minimum atomic E-state index is -1.24. The minimum absolute atomic E-state index is 0.0559. The van der Waals surface area contributed by atoms with Gasteiger partial charge in [0.25, 0.3) is 0 Å². The van der Waals surface area contributed by atoms with Crippen LogP contribution in [0.2, 0.25) is 5.02 Å². The van der Waals surface area contributed by atoms with E-state index in [4.69, 9.17) is 16.3 Å². The lowest BCUT2D eigenvalue weighted by atomic mass is 9.88. The Bertz CT molecular complexity index is 827. The summed E-state index contributed by atoms with van der Waals surface area (Å²) in [6, 6.07) is 2.61. The molecule has 0 aliphatic carbocycles. The number of phenols is 1. The molecule has 1 aromatic carbocycles. The number of hydrogen-bond acceptors (Lipinski definition) is 6. The Morgan fingerprint density at radius 1 is 1.28 bits per heavy atom. The molecule has 2 aliphatic heterocycles. The number of carbonyl (C=O) groups excluding carboxylic acids is 1. The van der Waals surface area contributed by atoms with Crippen molar-refractivity contribution in [1.82, 2.24) is 9.80 Å². The molecule has 1 amide bonds. The molecular formula is C24H37ClN2O5. The van der Waals surface area contributed by atoms with Crippen molar-refractivity contribution in [1.29, 1.82) is 0 Å². The maximum Gasteiger partial charge on any atom is 0.228 e. The third-order valence-electron chi connectivity index (χ3n) is 6.62. The van der Waals surface area contributed by atoms with E-state index in [0.29, 0.717) is 30.0 Å². The summed E-state index contributed by atoms with van der Waals surface area (Å²) in [5.41, 5.74) is 0.782. The number of phenolic OH excluding ortho intramolecular Hbond substituents is 1. The first kappa shape index (κ1) is 25.2. The predicted molar refractivity (Wildman–Crippen MR) is 123 cm³/mol. The summed E-state index contributed by atoms with van der Waals surface area (Å²) in [5, 5.41) is 33.3. The van der Waals surface area contributed by atoms with E-state index in [1.165, 1.54) is 11.0 Å². The summed E-state index contributed by atoms with van der Waals surface area (Å²) in [5.74, 6) is -0.387. The number of aromatic hydroxyl groups is 1. The summed E-state index contributed by atoms with van der Waals surface area (Å²) in [7, 11) is 0. The van der Waals surface area contributed by atoms with Gasteiger partial charge in [-0.1, -0.05) is 31.9 Å². The number of ether oxygens (including phenoxy) is 1. The molecule has 1 aromatic rings. The largest absolute Gasteiger partial charge is 0.508 e. The molecule has 3 N–H and O–H groups in total. The second kappa shape index (κ2) is 9.85. The number of rotatable bonds is 7. The van der Waals surface area contributed by atoms with Gasteiger partial charge in [-0.15, -0.1) is 0 Å². The van der Waals surface area contributed by atoms with Gasteiger partial charge in [-0.2, -0.15) is 0 Å². The van der Waals surface area contributed by atoms with Crippen LogP contribution in [0.4, 0.5) is 0 Å². The van der Waals surface area contributed by atoms with Crippen molar-refractivity contribution in [2.45, 2.75) is 84.6 Å². The van der Waals surface area contributed by atoms with Gasteiger partial charge < -0.3 is 25.0 Å². The van der Waals surface area contributed by atoms with E-state index in [0.717, 1.165) is 18.4 Å².